The Hall–Kier alpha value is -2.37. The summed E-state index contributed by atoms with van der Waals surface area (Å²) in [5.74, 6) is 2.41. The molecule has 1 aliphatic heterocycles. The van der Waals surface area contributed by atoms with E-state index in [1.54, 1.807) is 7.11 Å². The topological polar surface area (TPSA) is 68.5 Å². The minimum Gasteiger partial charge on any atom is -0.497 e. The lowest BCUT2D eigenvalue weighted by atomic mass is 10.0. The number of aryl methyl sites for hydroxylation is 1. The number of rotatable bonds is 6. The highest BCUT2D eigenvalue weighted by molar-refractivity contribution is 5.77. The molecule has 1 fully saturated rings. The van der Waals surface area contributed by atoms with Crippen molar-refractivity contribution >= 4 is 5.91 Å². The van der Waals surface area contributed by atoms with Crippen LogP contribution >= 0.6 is 0 Å². The molecule has 0 saturated carbocycles. The molecule has 0 radical (unpaired) electrons. The maximum absolute atomic E-state index is 12.7. The van der Waals surface area contributed by atoms with Crippen molar-refractivity contribution in [2.45, 2.75) is 51.5 Å². The molecule has 1 amide bonds. The average molecular weight is 343 g/mol. The highest BCUT2D eigenvalue weighted by atomic mass is 16.5. The monoisotopic (exact) mass is 343 g/mol. The first-order valence-electron chi connectivity index (χ1n) is 8.84. The van der Waals surface area contributed by atoms with Crippen molar-refractivity contribution in [2.24, 2.45) is 0 Å². The van der Waals surface area contributed by atoms with Gasteiger partial charge >= 0.3 is 0 Å². The summed E-state index contributed by atoms with van der Waals surface area (Å²) >= 11 is 0. The van der Waals surface area contributed by atoms with Crippen LogP contribution < -0.4 is 4.74 Å². The van der Waals surface area contributed by atoms with Gasteiger partial charge in [0.05, 0.1) is 13.2 Å². The lowest BCUT2D eigenvalue weighted by molar-refractivity contribution is -0.132. The van der Waals surface area contributed by atoms with Crippen molar-refractivity contribution in [3.8, 4) is 5.75 Å². The fourth-order valence-corrected chi connectivity index (χ4v) is 3.22. The molecule has 1 unspecified atom stereocenters. The number of ether oxygens (including phenoxy) is 1. The maximum Gasteiger partial charge on any atom is 0.227 e. The number of hydrogen-bond donors (Lipinski definition) is 0. The summed E-state index contributed by atoms with van der Waals surface area (Å²) in [5, 5.41) is 3.95. The minimum atomic E-state index is 0.122. The molecule has 6 nitrogen and oxygen atoms in total. The Morgan fingerprint density at radius 2 is 2.28 bits per heavy atom. The second-order valence-corrected chi connectivity index (χ2v) is 6.72. The third kappa shape index (κ3) is 4.00. The number of aromatic nitrogens is 2. The van der Waals surface area contributed by atoms with Gasteiger partial charge in [-0.25, -0.2) is 0 Å². The van der Waals surface area contributed by atoms with E-state index in [4.69, 9.17) is 9.26 Å². The van der Waals surface area contributed by atoms with Gasteiger partial charge in [-0.1, -0.05) is 31.1 Å². The first kappa shape index (κ1) is 17.5. The van der Waals surface area contributed by atoms with Crippen LogP contribution in [0, 0.1) is 0 Å². The van der Waals surface area contributed by atoms with Gasteiger partial charge in [0.15, 0.2) is 5.82 Å². The largest absolute Gasteiger partial charge is 0.497 e. The molecule has 0 aliphatic carbocycles. The zero-order chi connectivity index (χ0) is 17.8. The molecule has 134 valence electrons. The Kier molecular flexibility index (Phi) is 5.36. The van der Waals surface area contributed by atoms with Crippen LogP contribution in [0.25, 0.3) is 0 Å². The molecule has 1 saturated heterocycles. The summed E-state index contributed by atoms with van der Waals surface area (Å²) in [7, 11) is 1.66. The summed E-state index contributed by atoms with van der Waals surface area (Å²) in [4.78, 5) is 19.0. The molecule has 1 aromatic heterocycles. The molecule has 1 aliphatic rings. The molecule has 2 aromatic rings. The third-order valence-electron chi connectivity index (χ3n) is 4.60. The number of hydrogen-bond acceptors (Lipinski definition) is 5. The van der Waals surface area contributed by atoms with E-state index in [0.717, 1.165) is 30.7 Å². The lowest BCUT2D eigenvalue weighted by Crippen LogP contribution is -2.30. The zero-order valence-corrected chi connectivity index (χ0v) is 15.1. The van der Waals surface area contributed by atoms with E-state index in [1.165, 1.54) is 0 Å². The van der Waals surface area contributed by atoms with Crippen molar-refractivity contribution in [3.05, 3.63) is 41.5 Å². The van der Waals surface area contributed by atoms with Crippen LogP contribution in [0.2, 0.25) is 0 Å². The number of carbonyl (C=O) groups is 1. The first-order chi connectivity index (χ1) is 12.1. The van der Waals surface area contributed by atoms with Gasteiger partial charge < -0.3 is 14.2 Å². The maximum atomic E-state index is 12.7. The smallest absolute Gasteiger partial charge is 0.227 e. The van der Waals surface area contributed by atoms with Crippen LogP contribution in [0.3, 0.4) is 0 Å². The predicted molar refractivity (Wildman–Crippen MR) is 93.4 cm³/mol. The molecule has 25 heavy (non-hydrogen) atoms. The summed E-state index contributed by atoms with van der Waals surface area (Å²) in [6, 6.07) is 8.10. The number of methoxy groups -OCH3 is 1. The summed E-state index contributed by atoms with van der Waals surface area (Å²) in [6.07, 6.45) is 2.88. The highest BCUT2D eigenvalue weighted by Crippen LogP contribution is 2.34. The number of nitrogens with zero attached hydrogens (tertiary/aromatic N) is 3. The Bertz CT molecular complexity index is 726. The molecule has 6 heteroatoms. The highest BCUT2D eigenvalue weighted by Gasteiger charge is 2.30. The van der Waals surface area contributed by atoms with E-state index in [-0.39, 0.29) is 17.9 Å². The third-order valence-corrected chi connectivity index (χ3v) is 4.60. The molecule has 2 heterocycles. The lowest BCUT2D eigenvalue weighted by Gasteiger charge is -2.25. The number of likely N-dealkylation sites (tertiary alicyclic amines) is 1. The number of amides is 1. The Morgan fingerprint density at radius 1 is 1.44 bits per heavy atom. The first-order valence-corrected chi connectivity index (χ1v) is 8.84. The van der Waals surface area contributed by atoms with E-state index < -0.39 is 0 Å². The molecule has 0 spiro atoms. The molecule has 3 rings (SSSR count). The molecule has 0 N–H and O–H groups in total. The van der Waals surface area contributed by atoms with Gasteiger partial charge in [-0.15, -0.1) is 0 Å². The Labute approximate surface area is 148 Å². The van der Waals surface area contributed by atoms with Crippen LogP contribution in [0.4, 0.5) is 0 Å². The molecule has 1 atom stereocenters. The molecule has 1 aromatic carbocycles. The van der Waals surface area contributed by atoms with Crippen LogP contribution in [-0.2, 0) is 11.2 Å². The van der Waals surface area contributed by atoms with Crippen LogP contribution in [0.5, 0.6) is 5.75 Å². The minimum absolute atomic E-state index is 0.122. The zero-order valence-electron chi connectivity index (χ0n) is 15.1. The summed E-state index contributed by atoms with van der Waals surface area (Å²) in [6.45, 7) is 4.83. The van der Waals surface area contributed by atoms with Gasteiger partial charge in [0.25, 0.3) is 0 Å². The van der Waals surface area contributed by atoms with Crippen molar-refractivity contribution in [1.82, 2.24) is 15.0 Å². The van der Waals surface area contributed by atoms with Gasteiger partial charge in [0.2, 0.25) is 11.8 Å². The van der Waals surface area contributed by atoms with Crippen molar-refractivity contribution < 1.29 is 14.1 Å². The van der Waals surface area contributed by atoms with Gasteiger partial charge in [0, 0.05) is 25.3 Å². The van der Waals surface area contributed by atoms with E-state index in [0.29, 0.717) is 24.6 Å². The van der Waals surface area contributed by atoms with Gasteiger partial charge in [-0.05, 0) is 30.5 Å². The average Bonchev–Trinajstić information content (AvgIpc) is 3.29. The standard InChI is InChI=1S/C19H25N3O3/c1-13(2)19-20-17(25-21-19)9-10-18(23)22-11-5-8-16(22)14-6-4-7-15(12-14)24-3/h4,6-7,12-13,16H,5,8-11H2,1-3H3. The van der Waals surface area contributed by atoms with Crippen molar-refractivity contribution in [1.29, 1.82) is 0 Å². The van der Waals surface area contributed by atoms with E-state index >= 15 is 0 Å². The summed E-state index contributed by atoms with van der Waals surface area (Å²) in [5.41, 5.74) is 1.13. The van der Waals surface area contributed by atoms with Crippen molar-refractivity contribution in [2.75, 3.05) is 13.7 Å². The van der Waals surface area contributed by atoms with Gasteiger partial charge in [-0.3, -0.25) is 4.79 Å². The molecular formula is C19H25N3O3. The van der Waals surface area contributed by atoms with E-state index in [1.807, 2.05) is 36.9 Å². The quantitative estimate of drug-likeness (QED) is 0.803. The fourth-order valence-electron chi connectivity index (χ4n) is 3.22. The van der Waals surface area contributed by atoms with E-state index in [9.17, 15) is 4.79 Å². The second-order valence-electron chi connectivity index (χ2n) is 6.72. The van der Waals surface area contributed by atoms with Gasteiger partial charge in [-0.2, -0.15) is 4.98 Å². The number of carbonyl (C=O) groups excluding carboxylic acids is 1. The fraction of sp³-hybridized carbons (Fsp3) is 0.526. The van der Waals surface area contributed by atoms with Gasteiger partial charge in [0.1, 0.15) is 5.75 Å². The second kappa shape index (κ2) is 7.68. The van der Waals surface area contributed by atoms with Crippen LogP contribution in [0.15, 0.2) is 28.8 Å². The SMILES string of the molecule is COc1cccc(C2CCCN2C(=O)CCc2nc(C(C)C)no2)c1. The molecule has 0 bridgehead atoms. The normalized spacial score (nSPS) is 17.3. The Morgan fingerprint density at radius 3 is 3.00 bits per heavy atom. The Balaban J connectivity index is 1.63. The predicted octanol–water partition coefficient (Wildman–Crippen LogP) is 3.50. The molecular weight excluding hydrogens is 318 g/mol. The summed E-state index contributed by atoms with van der Waals surface area (Å²) < 4.78 is 10.5. The van der Waals surface area contributed by atoms with Crippen LogP contribution in [-0.4, -0.2) is 34.6 Å². The van der Waals surface area contributed by atoms with E-state index in [2.05, 4.69) is 16.2 Å². The van der Waals surface area contributed by atoms with Crippen molar-refractivity contribution in [3.63, 3.8) is 0 Å². The number of benzene rings is 1. The van der Waals surface area contributed by atoms with Crippen LogP contribution in [0.1, 0.15) is 62.3 Å².